The SMILES string of the molecule is COc1cc(COP(=O)(OCC2C=CC(n3cc(C)c(=O)[nH]c3=O)O2)N(C)CCCCCl)c(OC)c2ccccc12.Cc1cn(C2C=CC(COP(=O)(OCC3=CC(=O)c4ccccc4C3=O)N(C)CCCCCl)O2)c(=O)[nH]c1=O. The van der Waals surface area contributed by atoms with Gasteiger partial charge in [-0.25, -0.2) is 28.1 Å². The Balaban J connectivity index is 0.000000231. The van der Waals surface area contributed by atoms with Crippen molar-refractivity contribution in [1.82, 2.24) is 28.4 Å². The Labute approximate surface area is 470 Å². The Hall–Kier alpha value is -5.84. The molecular formula is C54H64Cl2N6O16P2. The fourth-order valence-corrected chi connectivity index (χ4v) is 12.0. The first kappa shape index (κ1) is 61.8. The first-order valence-electron chi connectivity index (χ1n) is 25.5. The minimum atomic E-state index is -3.96. The number of rotatable bonds is 26. The summed E-state index contributed by atoms with van der Waals surface area (Å²) in [6.45, 7) is 3.19. The Kier molecular flexibility index (Phi) is 21.8. The Morgan fingerprint density at radius 1 is 0.625 bits per heavy atom. The summed E-state index contributed by atoms with van der Waals surface area (Å²) in [5.41, 5.74) is -0.157. The number of H-pyrrole nitrogens is 2. The van der Waals surface area contributed by atoms with Crippen LogP contribution < -0.4 is 32.0 Å². The lowest BCUT2D eigenvalue weighted by Gasteiger charge is -2.28. The normalized spacial score (nSPS) is 19.2. The second-order valence-corrected chi connectivity index (χ2v) is 23.7. The molecule has 80 heavy (non-hydrogen) atoms. The van der Waals surface area contributed by atoms with Gasteiger partial charge in [-0.2, -0.15) is 0 Å². The molecule has 5 aromatic rings. The number of methoxy groups -OCH3 is 2. The summed E-state index contributed by atoms with van der Waals surface area (Å²) in [5.74, 6) is 1.43. The van der Waals surface area contributed by atoms with Crippen LogP contribution in [0.2, 0.25) is 0 Å². The van der Waals surface area contributed by atoms with E-state index in [4.69, 9.17) is 60.2 Å². The number of carbonyl (C=O) groups excluding carboxylic acids is 2. The molecule has 430 valence electrons. The molecule has 2 N–H and O–H groups in total. The molecule has 22 nitrogen and oxygen atoms in total. The minimum absolute atomic E-state index is 0.0709. The summed E-state index contributed by atoms with van der Waals surface area (Å²) in [6.07, 6.45) is 10.6. The zero-order chi connectivity index (χ0) is 57.7. The summed E-state index contributed by atoms with van der Waals surface area (Å²) in [7, 11) is -1.39. The van der Waals surface area contributed by atoms with E-state index in [9.17, 15) is 37.9 Å². The monoisotopic (exact) mass is 1180 g/mol. The van der Waals surface area contributed by atoms with Crippen molar-refractivity contribution in [2.45, 2.75) is 70.8 Å². The number of aromatic nitrogens is 4. The van der Waals surface area contributed by atoms with Gasteiger partial charge in [-0.15, -0.1) is 23.2 Å². The van der Waals surface area contributed by atoms with Gasteiger partial charge in [-0.3, -0.25) is 56.4 Å². The number of nitrogens with zero attached hydrogens (tertiary/aromatic N) is 4. The van der Waals surface area contributed by atoms with Crippen LogP contribution in [0.1, 0.15) is 75.5 Å². The van der Waals surface area contributed by atoms with E-state index in [1.165, 1.54) is 32.3 Å². The van der Waals surface area contributed by atoms with Crippen molar-refractivity contribution in [1.29, 1.82) is 0 Å². The first-order chi connectivity index (χ1) is 38.3. The van der Waals surface area contributed by atoms with Gasteiger partial charge < -0.3 is 18.9 Å². The van der Waals surface area contributed by atoms with Crippen LogP contribution in [0.5, 0.6) is 11.5 Å². The molecule has 3 aromatic carbocycles. The fourth-order valence-electron chi connectivity index (χ4n) is 8.62. The lowest BCUT2D eigenvalue weighted by molar-refractivity contribution is -0.0112. The number of Topliss-reactive ketones (excluding diaryl/α,β-unsaturated/α-hetero) is 1. The van der Waals surface area contributed by atoms with E-state index >= 15 is 0 Å². The van der Waals surface area contributed by atoms with E-state index in [1.807, 2.05) is 24.3 Å². The summed E-state index contributed by atoms with van der Waals surface area (Å²) in [6, 6.07) is 16.0. The van der Waals surface area contributed by atoms with Gasteiger partial charge in [0.1, 0.15) is 23.7 Å². The molecule has 4 heterocycles. The van der Waals surface area contributed by atoms with E-state index in [2.05, 4.69) is 9.97 Å². The Morgan fingerprint density at radius 2 is 1.11 bits per heavy atom. The van der Waals surface area contributed by atoms with Crippen molar-refractivity contribution in [3.05, 3.63) is 172 Å². The maximum atomic E-state index is 14.1. The molecule has 0 fully saturated rings. The second-order valence-electron chi connectivity index (χ2n) is 18.7. The molecule has 8 rings (SSSR count). The van der Waals surface area contributed by atoms with Crippen LogP contribution in [0.4, 0.5) is 0 Å². The molecule has 0 saturated carbocycles. The van der Waals surface area contributed by atoms with Crippen molar-refractivity contribution < 1.29 is 55.8 Å². The highest BCUT2D eigenvalue weighted by molar-refractivity contribution is 7.51. The van der Waals surface area contributed by atoms with E-state index in [0.29, 0.717) is 77.9 Å². The van der Waals surface area contributed by atoms with Crippen molar-refractivity contribution in [2.24, 2.45) is 0 Å². The molecule has 0 saturated heterocycles. The summed E-state index contributed by atoms with van der Waals surface area (Å²) in [5, 5.41) is 1.71. The standard InChI is InChI=1S/C28H35ClN3O8P.C26H29ClN3O8P/c1-19-16-32(28(34)30-27(19)33)25-12-11-21(40-25)18-39-41(35,31(2)14-8-7-13-29)38-17-20-15-24(36-3)22-9-5-6-10-23(22)26(20)37-4;1-17-14-30(26(34)28-25(17)33)23-10-9-19(38-23)16-37-39(35,29(2)12-6-5-11-27)36-15-18-13-22(31)20-7-3-4-8-21(20)24(18)32/h5-6,9-12,15-16,21,25H,7-8,13-14,17-18H2,1-4H3,(H,30,33,34);3-4,7-10,13-14,19,23H,5-6,11-12,15-16H2,1-2H3,(H,28,33,34). The highest BCUT2D eigenvalue weighted by Crippen LogP contribution is 2.54. The zero-order valence-electron chi connectivity index (χ0n) is 45.0. The van der Waals surface area contributed by atoms with Crippen molar-refractivity contribution >= 4 is 61.0 Å². The van der Waals surface area contributed by atoms with Gasteiger partial charge in [0.15, 0.2) is 24.0 Å². The molecule has 6 atom stereocenters. The van der Waals surface area contributed by atoms with Gasteiger partial charge in [0, 0.05) is 81.4 Å². The number of ketones is 2. The van der Waals surface area contributed by atoms with E-state index in [-0.39, 0.29) is 42.5 Å². The predicted molar refractivity (Wildman–Crippen MR) is 301 cm³/mol. The third-order valence-corrected chi connectivity index (χ3v) is 17.5. The molecule has 1 aliphatic carbocycles. The Bertz CT molecular complexity index is 3490. The number of benzene rings is 3. The number of ether oxygens (including phenoxy) is 4. The molecule has 0 spiro atoms. The smallest absolute Gasteiger partial charge is 0.408 e. The van der Waals surface area contributed by atoms with Crippen LogP contribution in [0.3, 0.4) is 0 Å². The van der Waals surface area contributed by atoms with Gasteiger partial charge in [0.05, 0.1) is 40.6 Å². The fraction of sp³-hybridized carbons (Fsp3) is 0.407. The van der Waals surface area contributed by atoms with Gasteiger partial charge in [-0.1, -0.05) is 60.7 Å². The molecule has 6 unspecified atom stereocenters. The van der Waals surface area contributed by atoms with Crippen LogP contribution in [0.15, 0.2) is 122 Å². The number of hydrogen-bond acceptors (Lipinski definition) is 16. The van der Waals surface area contributed by atoms with Crippen molar-refractivity contribution in [2.75, 3.05) is 73.0 Å². The summed E-state index contributed by atoms with van der Waals surface area (Å²) < 4.78 is 80.1. The minimum Gasteiger partial charge on any atom is -0.496 e. The topological polar surface area (TPSA) is 258 Å². The number of unbranched alkanes of at least 4 members (excludes halogenated alkanes) is 2. The van der Waals surface area contributed by atoms with Crippen LogP contribution in [0.25, 0.3) is 10.8 Å². The lowest BCUT2D eigenvalue weighted by atomic mass is 9.90. The zero-order valence-corrected chi connectivity index (χ0v) is 48.3. The average molecular weight is 1190 g/mol. The largest absolute Gasteiger partial charge is 0.496 e. The number of aromatic amines is 2. The maximum absolute atomic E-state index is 14.1. The molecule has 3 aliphatic rings. The molecule has 0 amide bonds. The molecule has 0 radical (unpaired) electrons. The van der Waals surface area contributed by atoms with E-state index in [0.717, 1.165) is 17.2 Å². The van der Waals surface area contributed by atoms with Crippen LogP contribution in [-0.2, 0) is 43.3 Å². The Morgan fingerprint density at radius 3 is 1.61 bits per heavy atom. The third kappa shape index (κ3) is 15.0. The molecule has 2 aromatic heterocycles. The average Bonchev–Trinajstić information content (AvgIpc) is 4.15. The molecule has 0 bridgehead atoms. The van der Waals surface area contributed by atoms with Crippen LogP contribution in [0, 0.1) is 13.8 Å². The van der Waals surface area contributed by atoms with Crippen LogP contribution >= 0.6 is 38.7 Å². The van der Waals surface area contributed by atoms with E-state index in [1.54, 1.807) is 101 Å². The van der Waals surface area contributed by atoms with Gasteiger partial charge in [0.2, 0.25) is 0 Å². The molecular weight excluding hydrogens is 1120 g/mol. The maximum Gasteiger partial charge on any atom is 0.408 e. The van der Waals surface area contributed by atoms with Crippen molar-refractivity contribution in [3.8, 4) is 11.5 Å². The van der Waals surface area contributed by atoms with Gasteiger partial charge in [-0.05, 0) is 77.9 Å². The van der Waals surface area contributed by atoms with Crippen LogP contribution in [-0.4, -0.2) is 125 Å². The summed E-state index contributed by atoms with van der Waals surface area (Å²) in [4.78, 5) is 77.8. The number of carbonyl (C=O) groups is 2. The molecule has 26 heteroatoms. The summed E-state index contributed by atoms with van der Waals surface area (Å²) >= 11 is 11.6. The predicted octanol–water partition coefficient (Wildman–Crippen LogP) is 8.16. The quantitative estimate of drug-likeness (QED) is 0.0229. The lowest BCUT2D eigenvalue weighted by Crippen LogP contribution is -2.33. The second kappa shape index (κ2) is 28.2. The highest BCUT2D eigenvalue weighted by atomic mass is 35.5. The van der Waals surface area contributed by atoms with E-state index < -0.39 is 69.3 Å². The third-order valence-electron chi connectivity index (χ3n) is 13.1. The molecule has 2 aliphatic heterocycles. The number of halogens is 2. The number of fused-ring (bicyclic) bond motifs is 2. The van der Waals surface area contributed by atoms with Gasteiger partial charge in [0.25, 0.3) is 11.1 Å². The number of nitrogens with one attached hydrogen (secondary N) is 2. The number of aryl methyl sites for hydroxylation is 2. The van der Waals surface area contributed by atoms with Gasteiger partial charge >= 0.3 is 26.9 Å². The number of alkyl halides is 2. The first-order valence-corrected chi connectivity index (χ1v) is 29.6. The number of hydrogen-bond donors (Lipinski definition) is 2. The van der Waals surface area contributed by atoms with Crippen molar-refractivity contribution in [3.63, 3.8) is 0 Å². The number of allylic oxidation sites excluding steroid dienone is 1. The highest BCUT2D eigenvalue weighted by Gasteiger charge is 2.37.